The van der Waals surface area contributed by atoms with Crippen molar-refractivity contribution >= 4 is 17.8 Å². The Morgan fingerprint density at radius 1 is 1.38 bits per heavy atom. The SMILES string of the molecule is CCC(CC)(CNC(=O)c1cn(CC(N)=O)nn1)C(=O)O. The maximum atomic E-state index is 11.9. The van der Waals surface area contributed by atoms with E-state index >= 15 is 0 Å². The van der Waals surface area contributed by atoms with E-state index in [1.165, 1.54) is 6.20 Å². The summed E-state index contributed by atoms with van der Waals surface area (Å²) >= 11 is 0. The van der Waals surface area contributed by atoms with E-state index in [2.05, 4.69) is 15.6 Å². The topological polar surface area (TPSA) is 140 Å². The highest BCUT2D eigenvalue weighted by atomic mass is 16.4. The molecule has 0 saturated heterocycles. The number of aliphatic carboxylic acids is 1. The molecule has 0 unspecified atom stereocenters. The molecule has 0 aliphatic rings. The number of nitrogens with zero attached hydrogens (tertiary/aromatic N) is 3. The van der Waals surface area contributed by atoms with Gasteiger partial charge in [0, 0.05) is 6.54 Å². The van der Waals surface area contributed by atoms with Gasteiger partial charge in [-0.2, -0.15) is 0 Å². The summed E-state index contributed by atoms with van der Waals surface area (Å²) in [4.78, 5) is 34.0. The molecule has 0 aliphatic carbocycles. The minimum atomic E-state index is -1.00. The number of carboxylic acid groups (broad SMARTS) is 1. The van der Waals surface area contributed by atoms with Gasteiger partial charge in [-0.15, -0.1) is 5.10 Å². The Hall–Kier alpha value is -2.45. The second-order valence-electron chi connectivity index (χ2n) is 4.74. The quantitative estimate of drug-likeness (QED) is 0.584. The highest BCUT2D eigenvalue weighted by molar-refractivity contribution is 5.92. The Balaban J connectivity index is 2.70. The molecule has 9 nitrogen and oxygen atoms in total. The number of carbonyl (C=O) groups excluding carboxylic acids is 2. The van der Waals surface area contributed by atoms with Gasteiger partial charge in [-0.3, -0.25) is 14.4 Å². The maximum absolute atomic E-state index is 11.9. The number of nitrogens with one attached hydrogen (secondary N) is 1. The fraction of sp³-hybridized carbons (Fsp3) is 0.583. The van der Waals surface area contributed by atoms with Crippen LogP contribution in [-0.2, 0) is 16.1 Å². The smallest absolute Gasteiger partial charge is 0.311 e. The first-order valence-electron chi connectivity index (χ1n) is 6.54. The molecule has 0 radical (unpaired) electrons. The van der Waals surface area contributed by atoms with Gasteiger partial charge in [0.05, 0.1) is 11.6 Å². The number of carbonyl (C=O) groups is 3. The van der Waals surface area contributed by atoms with E-state index in [0.717, 1.165) is 4.68 Å². The molecule has 1 aromatic heterocycles. The summed E-state index contributed by atoms with van der Waals surface area (Å²) in [6.07, 6.45) is 2.07. The zero-order valence-electron chi connectivity index (χ0n) is 12.0. The largest absolute Gasteiger partial charge is 0.481 e. The molecule has 1 aromatic rings. The zero-order chi connectivity index (χ0) is 16.0. The van der Waals surface area contributed by atoms with Crippen LogP contribution >= 0.6 is 0 Å². The summed E-state index contributed by atoms with van der Waals surface area (Å²) in [5, 5.41) is 19.0. The molecule has 116 valence electrons. The fourth-order valence-electron chi connectivity index (χ4n) is 1.86. The van der Waals surface area contributed by atoms with Crippen molar-refractivity contribution in [1.29, 1.82) is 0 Å². The summed E-state index contributed by atoms with van der Waals surface area (Å²) in [5.74, 6) is -2.10. The third kappa shape index (κ3) is 4.01. The molecule has 1 rings (SSSR count). The van der Waals surface area contributed by atoms with Crippen LogP contribution < -0.4 is 11.1 Å². The average molecular weight is 297 g/mol. The van der Waals surface area contributed by atoms with Crippen LogP contribution in [0.1, 0.15) is 37.2 Å². The Bertz CT molecular complexity index is 536. The van der Waals surface area contributed by atoms with Gasteiger partial charge in [-0.05, 0) is 12.8 Å². The van der Waals surface area contributed by atoms with E-state index < -0.39 is 23.2 Å². The zero-order valence-corrected chi connectivity index (χ0v) is 12.0. The molecule has 0 fully saturated rings. The fourth-order valence-corrected chi connectivity index (χ4v) is 1.86. The minimum absolute atomic E-state index is 0.00254. The van der Waals surface area contributed by atoms with Gasteiger partial charge in [-0.1, -0.05) is 19.1 Å². The van der Waals surface area contributed by atoms with Crippen LogP contribution in [0.15, 0.2) is 6.20 Å². The van der Waals surface area contributed by atoms with Gasteiger partial charge in [0.25, 0.3) is 5.91 Å². The van der Waals surface area contributed by atoms with Crippen LogP contribution in [-0.4, -0.2) is 44.4 Å². The maximum Gasteiger partial charge on any atom is 0.311 e. The van der Waals surface area contributed by atoms with Crippen molar-refractivity contribution in [3.8, 4) is 0 Å². The molecule has 0 saturated carbocycles. The lowest BCUT2D eigenvalue weighted by molar-refractivity contribution is -0.149. The van der Waals surface area contributed by atoms with Crippen molar-refractivity contribution in [2.24, 2.45) is 11.1 Å². The minimum Gasteiger partial charge on any atom is -0.481 e. The predicted molar refractivity (Wildman–Crippen MR) is 72.2 cm³/mol. The van der Waals surface area contributed by atoms with Gasteiger partial charge in [0.15, 0.2) is 5.69 Å². The summed E-state index contributed by atoms with van der Waals surface area (Å²) in [6.45, 7) is 3.33. The Morgan fingerprint density at radius 3 is 2.48 bits per heavy atom. The first-order valence-corrected chi connectivity index (χ1v) is 6.54. The van der Waals surface area contributed by atoms with E-state index in [9.17, 15) is 19.5 Å². The van der Waals surface area contributed by atoms with Crippen molar-refractivity contribution in [2.75, 3.05) is 6.54 Å². The standard InChI is InChI=1S/C12H19N5O4/c1-3-12(4-2,11(20)21)7-14-10(19)8-5-17(16-15-8)6-9(13)18/h5H,3-4,6-7H2,1-2H3,(H2,13,18)(H,14,19)(H,20,21). The van der Waals surface area contributed by atoms with E-state index in [1.54, 1.807) is 13.8 Å². The summed E-state index contributed by atoms with van der Waals surface area (Å²) in [5.41, 5.74) is 4.00. The average Bonchev–Trinajstić information content (AvgIpc) is 2.87. The van der Waals surface area contributed by atoms with Crippen molar-refractivity contribution in [3.63, 3.8) is 0 Å². The Morgan fingerprint density at radius 2 is 2.00 bits per heavy atom. The van der Waals surface area contributed by atoms with Crippen molar-refractivity contribution in [2.45, 2.75) is 33.2 Å². The number of rotatable bonds is 8. The van der Waals surface area contributed by atoms with Gasteiger partial charge < -0.3 is 16.2 Å². The van der Waals surface area contributed by atoms with Gasteiger partial charge in [-0.25, -0.2) is 4.68 Å². The second kappa shape index (κ2) is 6.82. The molecular weight excluding hydrogens is 278 g/mol. The molecule has 2 amide bonds. The molecule has 0 spiro atoms. The lowest BCUT2D eigenvalue weighted by Gasteiger charge is -2.26. The van der Waals surface area contributed by atoms with Crippen molar-refractivity contribution in [1.82, 2.24) is 20.3 Å². The molecule has 0 atom stereocenters. The first kappa shape index (κ1) is 16.6. The highest BCUT2D eigenvalue weighted by Crippen LogP contribution is 2.25. The monoisotopic (exact) mass is 297 g/mol. The highest BCUT2D eigenvalue weighted by Gasteiger charge is 2.35. The van der Waals surface area contributed by atoms with Gasteiger partial charge in [0.1, 0.15) is 6.54 Å². The first-order chi connectivity index (χ1) is 9.84. The van der Waals surface area contributed by atoms with Gasteiger partial charge in [0.2, 0.25) is 5.91 Å². The second-order valence-corrected chi connectivity index (χ2v) is 4.74. The molecule has 1 heterocycles. The third-order valence-electron chi connectivity index (χ3n) is 3.48. The van der Waals surface area contributed by atoms with Crippen LogP contribution in [0.2, 0.25) is 0 Å². The summed E-state index contributed by atoms with van der Waals surface area (Å²) in [6, 6.07) is 0. The molecule has 4 N–H and O–H groups in total. The molecule has 0 aliphatic heterocycles. The van der Waals surface area contributed by atoms with Crippen LogP contribution in [0.5, 0.6) is 0 Å². The number of amides is 2. The van der Waals surface area contributed by atoms with E-state index in [4.69, 9.17) is 5.73 Å². The molecule has 0 bridgehead atoms. The predicted octanol–water partition coefficient (Wildman–Crippen LogP) is -0.616. The molecule has 0 aromatic carbocycles. The number of hydrogen-bond acceptors (Lipinski definition) is 5. The summed E-state index contributed by atoms with van der Waals surface area (Å²) < 4.78 is 1.14. The van der Waals surface area contributed by atoms with E-state index in [1.807, 2.05) is 0 Å². The number of hydrogen-bond donors (Lipinski definition) is 3. The van der Waals surface area contributed by atoms with Crippen LogP contribution in [0.25, 0.3) is 0 Å². The number of primary amides is 1. The lowest BCUT2D eigenvalue weighted by Crippen LogP contribution is -2.42. The van der Waals surface area contributed by atoms with Crippen LogP contribution in [0.4, 0.5) is 0 Å². The number of carboxylic acids is 1. The van der Waals surface area contributed by atoms with Crippen molar-refractivity contribution in [3.05, 3.63) is 11.9 Å². The lowest BCUT2D eigenvalue weighted by atomic mass is 9.82. The molecule has 21 heavy (non-hydrogen) atoms. The third-order valence-corrected chi connectivity index (χ3v) is 3.48. The summed E-state index contributed by atoms with van der Waals surface area (Å²) in [7, 11) is 0. The normalized spacial score (nSPS) is 11.1. The van der Waals surface area contributed by atoms with Crippen LogP contribution in [0, 0.1) is 5.41 Å². The van der Waals surface area contributed by atoms with E-state index in [0.29, 0.717) is 12.8 Å². The number of nitrogens with two attached hydrogens (primary N) is 1. The Kier molecular flexibility index (Phi) is 5.39. The molecular formula is C12H19N5O4. The Labute approximate surface area is 121 Å². The molecule has 9 heteroatoms. The number of aromatic nitrogens is 3. The van der Waals surface area contributed by atoms with Crippen molar-refractivity contribution < 1.29 is 19.5 Å². The van der Waals surface area contributed by atoms with Crippen LogP contribution in [0.3, 0.4) is 0 Å². The van der Waals surface area contributed by atoms with Gasteiger partial charge >= 0.3 is 5.97 Å². The van der Waals surface area contributed by atoms with E-state index in [-0.39, 0.29) is 18.8 Å².